The van der Waals surface area contributed by atoms with E-state index in [0.29, 0.717) is 39.1 Å². The summed E-state index contributed by atoms with van der Waals surface area (Å²) < 4.78 is 16.4. The van der Waals surface area contributed by atoms with Crippen molar-refractivity contribution in [2.45, 2.75) is 31.7 Å². The molecule has 176 valence electrons. The molecular formula is C24H24N4O4S2. The maximum Gasteiger partial charge on any atom is 0.277 e. The number of aryl methyl sites for hydroxylation is 2. The topological polar surface area (TPSA) is 90.6 Å². The fourth-order valence-corrected chi connectivity index (χ4v) is 4.86. The number of hydrogen-bond donors (Lipinski definition) is 0. The third-order valence-electron chi connectivity index (χ3n) is 5.14. The van der Waals surface area contributed by atoms with Gasteiger partial charge in [0.05, 0.1) is 25.6 Å². The zero-order valence-electron chi connectivity index (χ0n) is 19.5. The maximum atomic E-state index is 12.4. The molecule has 4 aromatic rings. The Balaban J connectivity index is 1.48. The Labute approximate surface area is 205 Å². The number of ether oxygens (including phenoxy) is 2. The third-order valence-corrected chi connectivity index (χ3v) is 6.87. The minimum atomic E-state index is -0.0907. The highest BCUT2D eigenvalue weighted by atomic mass is 32.2. The van der Waals surface area contributed by atoms with Crippen LogP contribution in [0.3, 0.4) is 0 Å². The molecule has 0 aliphatic carbocycles. The molecule has 4 rings (SSSR count). The number of carbonyl (C=O) groups is 1. The van der Waals surface area contributed by atoms with Crippen LogP contribution in [-0.2, 0) is 10.5 Å². The number of rotatable bonds is 8. The highest BCUT2D eigenvalue weighted by Crippen LogP contribution is 2.34. The van der Waals surface area contributed by atoms with E-state index in [1.807, 2.05) is 37.4 Å². The summed E-state index contributed by atoms with van der Waals surface area (Å²) in [4.78, 5) is 18.7. The van der Waals surface area contributed by atoms with E-state index in [2.05, 4.69) is 15.2 Å². The van der Waals surface area contributed by atoms with Crippen molar-refractivity contribution in [2.24, 2.45) is 0 Å². The summed E-state index contributed by atoms with van der Waals surface area (Å²) in [6, 6.07) is 11.3. The first kappa shape index (κ1) is 23.8. The predicted octanol–water partition coefficient (Wildman–Crippen LogP) is 5.80. The molecule has 10 heteroatoms. The van der Waals surface area contributed by atoms with Crippen molar-refractivity contribution in [3.8, 4) is 23.0 Å². The first-order valence-corrected chi connectivity index (χ1v) is 12.3. The van der Waals surface area contributed by atoms with Crippen LogP contribution in [0.2, 0.25) is 0 Å². The lowest BCUT2D eigenvalue weighted by molar-refractivity contribution is -0.115. The van der Waals surface area contributed by atoms with Gasteiger partial charge < -0.3 is 13.9 Å². The van der Waals surface area contributed by atoms with Crippen LogP contribution in [0.5, 0.6) is 11.5 Å². The van der Waals surface area contributed by atoms with Gasteiger partial charge in [0, 0.05) is 29.7 Å². The Morgan fingerprint density at radius 3 is 2.44 bits per heavy atom. The number of hydrogen-bond acceptors (Lipinski definition) is 9. The van der Waals surface area contributed by atoms with E-state index < -0.39 is 0 Å². The van der Waals surface area contributed by atoms with E-state index in [1.54, 1.807) is 44.2 Å². The van der Waals surface area contributed by atoms with Crippen molar-refractivity contribution in [2.75, 3.05) is 19.1 Å². The molecule has 2 heterocycles. The Morgan fingerprint density at radius 2 is 1.79 bits per heavy atom. The minimum Gasteiger partial charge on any atom is -0.497 e. The van der Waals surface area contributed by atoms with Crippen LogP contribution >= 0.6 is 23.1 Å². The molecule has 0 N–H and O–H groups in total. The monoisotopic (exact) mass is 496 g/mol. The van der Waals surface area contributed by atoms with Crippen LogP contribution in [0, 0.1) is 13.8 Å². The number of anilines is 2. The summed E-state index contributed by atoms with van der Waals surface area (Å²) in [5.41, 5.74) is 4.63. The SMILES string of the molecule is COc1cc(OC)cc(-c2nnc(SCc3csc(N(C(C)=O)c4ccc(C)c(C)c4)n3)o2)c1. The standard InChI is InChI=1S/C24H24N4O4S2/c1-14-6-7-19(8-15(14)2)28(16(3)29)23-25-18(12-33-23)13-34-24-27-26-22(32-24)17-9-20(30-4)11-21(10-17)31-5/h6-12H,13H2,1-5H3. The molecule has 2 aromatic carbocycles. The van der Waals surface area contributed by atoms with E-state index in [-0.39, 0.29) is 5.91 Å². The predicted molar refractivity (Wildman–Crippen MR) is 133 cm³/mol. The van der Waals surface area contributed by atoms with Gasteiger partial charge in [0.1, 0.15) is 11.5 Å². The second kappa shape index (κ2) is 10.3. The normalized spacial score (nSPS) is 10.9. The van der Waals surface area contributed by atoms with Crippen LogP contribution in [-0.4, -0.2) is 35.3 Å². The first-order valence-electron chi connectivity index (χ1n) is 10.4. The molecule has 0 radical (unpaired) electrons. The van der Waals surface area contributed by atoms with Crippen molar-refractivity contribution in [1.82, 2.24) is 15.2 Å². The molecular weight excluding hydrogens is 472 g/mol. The molecule has 0 fully saturated rings. The summed E-state index contributed by atoms with van der Waals surface area (Å²) in [6.07, 6.45) is 0. The van der Waals surface area contributed by atoms with Crippen LogP contribution in [0.1, 0.15) is 23.7 Å². The molecule has 0 aliphatic rings. The minimum absolute atomic E-state index is 0.0907. The number of thioether (sulfide) groups is 1. The zero-order chi connectivity index (χ0) is 24.2. The fraction of sp³-hybridized carbons (Fsp3) is 0.250. The molecule has 0 spiro atoms. The average molecular weight is 497 g/mol. The van der Waals surface area contributed by atoms with Gasteiger partial charge in [0.15, 0.2) is 5.13 Å². The molecule has 0 saturated carbocycles. The van der Waals surface area contributed by atoms with E-state index in [4.69, 9.17) is 13.9 Å². The molecule has 0 unspecified atom stereocenters. The lowest BCUT2D eigenvalue weighted by Gasteiger charge is -2.19. The summed E-state index contributed by atoms with van der Waals surface area (Å²) in [7, 11) is 3.17. The Morgan fingerprint density at radius 1 is 1.06 bits per heavy atom. The molecule has 0 atom stereocenters. The molecule has 0 aliphatic heterocycles. The quantitative estimate of drug-likeness (QED) is 0.283. The van der Waals surface area contributed by atoms with Crippen molar-refractivity contribution in [3.05, 3.63) is 58.6 Å². The zero-order valence-corrected chi connectivity index (χ0v) is 21.1. The Kier molecular flexibility index (Phi) is 7.18. The van der Waals surface area contributed by atoms with E-state index >= 15 is 0 Å². The lowest BCUT2D eigenvalue weighted by Crippen LogP contribution is -2.22. The van der Waals surface area contributed by atoms with E-state index in [1.165, 1.54) is 28.7 Å². The highest BCUT2D eigenvalue weighted by Gasteiger charge is 2.19. The molecule has 2 aromatic heterocycles. The van der Waals surface area contributed by atoms with Gasteiger partial charge in [-0.2, -0.15) is 0 Å². The van der Waals surface area contributed by atoms with Crippen LogP contribution in [0.25, 0.3) is 11.5 Å². The summed E-state index contributed by atoms with van der Waals surface area (Å²) >= 11 is 2.80. The van der Waals surface area contributed by atoms with Crippen LogP contribution in [0.4, 0.5) is 10.8 Å². The highest BCUT2D eigenvalue weighted by molar-refractivity contribution is 7.98. The molecule has 1 amide bonds. The summed E-state index contributed by atoms with van der Waals surface area (Å²) in [6.45, 7) is 5.61. The molecule has 0 saturated heterocycles. The van der Waals surface area contributed by atoms with Gasteiger partial charge in [-0.1, -0.05) is 17.8 Å². The maximum absolute atomic E-state index is 12.4. The number of thiazole rings is 1. The van der Waals surface area contributed by atoms with Crippen molar-refractivity contribution in [3.63, 3.8) is 0 Å². The first-order chi connectivity index (χ1) is 16.4. The average Bonchev–Trinajstić information content (AvgIpc) is 3.49. The lowest BCUT2D eigenvalue weighted by atomic mass is 10.1. The van der Waals surface area contributed by atoms with Crippen molar-refractivity contribution in [1.29, 1.82) is 0 Å². The van der Waals surface area contributed by atoms with Crippen molar-refractivity contribution < 1.29 is 18.7 Å². The number of methoxy groups -OCH3 is 2. The molecule has 8 nitrogen and oxygen atoms in total. The van der Waals surface area contributed by atoms with Gasteiger partial charge in [-0.05, 0) is 49.2 Å². The van der Waals surface area contributed by atoms with Crippen LogP contribution < -0.4 is 14.4 Å². The fourth-order valence-electron chi connectivity index (χ4n) is 3.21. The van der Waals surface area contributed by atoms with Gasteiger partial charge in [-0.3, -0.25) is 9.69 Å². The molecule has 0 bridgehead atoms. The second-order valence-corrected chi connectivity index (χ2v) is 9.27. The number of amides is 1. The van der Waals surface area contributed by atoms with Gasteiger partial charge in [-0.25, -0.2) is 4.98 Å². The summed E-state index contributed by atoms with van der Waals surface area (Å²) in [5, 5.41) is 11.3. The van der Waals surface area contributed by atoms with Gasteiger partial charge in [-0.15, -0.1) is 21.5 Å². The van der Waals surface area contributed by atoms with Crippen LogP contribution in [0.15, 0.2) is 51.4 Å². The number of nitrogens with zero attached hydrogens (tertiary/aromatic N) is 4. The number of benzene rings is 2. The second-order valence-electron chi connectivity index (χ2n) is 7.51. The van der Waals surface area contributed by atoms with Gasteiger partial charge in [0.25, 0.3) is 5.22 Å². The number of aromatic nitrogens is 3. The Hall–Kier alpha value is -3.37. The largest absolute Gasteiger partial charge is 0.497 e. The Bertz CT molecular complexity index is 1300. The smallest absolute Gasteiger partial charge is 0.277 e. The van der Waals surface area contributed by atoms with Crippen molar-refractivity contribution >= 4 is 39.8 Å². The third kappa shape index (κ3) is 5.23. The van der Waals surface area contributed by atoms with E-state index in [0.717, 1.165) is 16.9 Å². The molecule has 34 heavy (non-hydrogen) atoms. The number of carbonyl (C=O) groups excluding carboxylic acids is 1. The summed E-state index contributed by atoms with van der Waals surface area (Å²) in [5.74, 6) is 2.08. The van der Waals surface area contributed by atoms with Gasteiger partial charge >= 0.3 is 0 Å². The van der Waals surface area contributed by atoms with Gasteiger partial charge in [0.2, 0.25) is 11.8 Å². The van der Waals surface area contributed by atoms with E-state index in [9.17, 15) is 4.79 Å².